The fourth-order valence-corrected chi connectivity index (χ4v) is 4.26. The van der Waals surface area contributed by atoms with Crippen LogP contribution in [0.4, 0.5) is 0 Å². The van der Waals surface area contributed by atoms with Crippen LogP contribution in [0.25, 0.3) is 28.1 Å². The van der Waals surface area contributed by atoms with Crippen molar-refractivity contribution in [3.8, 4) is 23.0 Å². The molecule has 33 heavy (non-hydrogen) atoms. The Morgan fingerprint density at radius 2 is 1.94 bits per heavy atom. The summed E-state index contributed by atoms with van der Waals surface area (Å²) in [6.45, 7) is 1.91. The first-order valence-electron chi connectivity index (χ1n) is 10.2. The fraction of sp³-hybridized carbons (Fsp3) is 0.125. The van der Waals surface area contributed by atoms with Gasteiger partial charge in [0, 0.05) is 11.8 Å². The van der Waals surface area contributed by atoms with Crippen LogP contribution in [0.3, 0.4) is 0 Å². The van der Waals surface area contributed by atoms with Gasteiger partial charge in [0.1, 0.15) is 11.6 Å². The molecule has 8 nitrogen and oxygen atoms in total. The SMILES string of the molecule is COc1cccc(-c2noc(CSc3nc4ccccc4c(=O)n3-c3ncccc3C)n2)c1. The normalized spacial score (nSPS) is 11.1. The van der Waals surface area contributed by atoms with Gasteiger partial charge in [-0.3, -0.25) is 4.79 Å². The molecule has 0 aliphatic heterocycles. The third kappa shape index (κ3) is 4.10. The van der Waals surface area contributed by atoms with Crippen LogP contribution in [0, 0.1) is 6.92 Å². The van der Waals surface area contributed by atoms with Crippen LogP contribution in [-0.4, -0.2) is 31.8 Å². The van der Waals surface area contributed by atoms with Crippen molar-refractivity contribution in [2.75, 3.05) is 7.11 Å². The van der Waals surface area contributed by atoms with Crippen LogP contribution in [0.1, 0.15) is 11.5 Å². The molecule has 5 rings (SSSR count). The van der Waals surface area contributed by atoms with Gasteiger partial charge in [-0.05, 0) is 42.8 Å². The Bertz CT molecular complexity index is 1510. The van der Waals surface area contributed by atoms with E-state index in [1.165, 1.54) is 11.8 Å². The van der Waals surface area contributed by atoms with E-state index < -0.39 is 0 Å². The molecule has 0 aliphatic rings. The molecule has 0 bridgehead atoms. The first-order valence-corrected chi connectivity index (χ1v) is 11.2. The van der Waals surface area contributed by atoms with Crippen molar-refractivity contribution < 1.29 is 9.26 Å². The summed E-state index contributed by atoms with van der Waals surface area (Å²) in [6.07, 6.45) is 1.66. The molecule has 0 saturated heterocycles. The Balaban J connectivity index is 1.51. The Morgan fingerprint density at radius 3 is 2.79 bits per heavy atom. The Hall–Kier alpha value is -3.98. The van der Waals surface area contributed by atoms with E-state index in [4.69, 9.17) is 14.2 Å². The van der Waals surface area contributed by atoms with E-state index >= 15 is 0 Å². The number of pyridine rings is 1. The zero-order valence-electron chi connectivity index (χ0n) is 17.9. The predicted octanol–water partition coefficient (Wildman–Crippen LogP) is 4.44. The van der Waals surface area contributed by atoms with Crippen LogP contribution >= 0.6 is 11.8 Å². The highest BCUT2D eigenvalue weighted by atomic mass is 32.2. The molecule has 0 radical (unpaired) electrons. The lowest BCUT2D eigenvalue weighted by atomic mass is 10.2. The summed E-state index contributed by atoms with van der Waals surface area (Å²) in [5, 5.41) is 5.11. The largest absolute Gasteiger partial charge is 0.497 e. The molecular formula is C24H19N5O3S. The van der Waals surface area contributed by atoms with Gasteiger partial charge in [-0.25, -0.2) is 14.5 Å². The van der Waals surface area contributed by atoms with Crippen molar-refractivity contribution in [2.45, 2.75) is 17.8 Å². The van der Waals surface area contributed by atoms with Crippen molar-refractivity contribution in [3.05, 3.63) is 88.7 Å². The van der Waals surface area contributed by atoms with Gasteiger partial charge in [-0.15, -0.1) is 0 Å². The molecular weight excluding hydrogens is 438 g/mol. The van der Waals surface area contributed by atoms with Gasteiger partial charge in [0.15, 0.2) is 5.16 Å². The van der Waals surface area contributed by atoms with Gasteiger partial charge in [0.05, 0.1) is 23.8 Å². The number of para-hydroxylation sites is 1. The van der Waals surface area contributed by atoms with E-state index in [2.05, 4.69) is 15.1 Å². The summed E-state index contributed by atoms with van der Waals surface area (Å²) in [5.74, 6) is 2.49. The fourth-order valence-electron chi connectivity index (χ4n) is 3.43. The average molecular weight is 458 g/mol. The molecule has 164 valence electrons. The zero-order valence-corrected chi connectivity index (χ0v) is 18.7. The van der Waals surface area contributed by atoms with Crippen LogP contribution in [0.15, 0.2) is 81.3 Å². The highest BCUT2D eigenvalue weighted by molar-refractivity contribution is 7.98. The van der Waals surface area contributed by atoms with E-state index in [1.807, 2.05) is 61.5 Å². The van der Waals surface area contributed by atoms with E-state index in [9.17, 15) is 4.79 Å². The second kappa shape index (κ2) is 8.87. The lowest BCUT2D eigenvalue weighted by Crippen LogP contribution is -2.23. The number of hydrogen-bond donors (Lipinski definition) is 0. The standard InChI is InChI=1S/C24H19N5O3S/c1-15-7-6-12-25-22(15)29-23(30)18-10-3-4-11-19(18)26-24(29)33-14-20-27-21(28-32-20)16-8-5-9-17(13-16)31-2/h3-13H,14H2,1-2H3. The summed E-state index contributed by atoms with van der Waals surface area (Å²) >= 11 is 1.34. The van der Waals surface area contributed by atoms with Gasteiger partial charge in [-0.1, -0.05) is 47.3 Å². The maximum Gasteiger partial charge on any atom is 0.267 e. The molecule has 0 saturated carbocycles. The van der Waals surface area contributed by atoms with Gasteiger partial charge in [-0.2, -0.15) is 4.98 Å². The number of aromatic nitrogens is 5. The van der Waals surface area contributed by atoms with Crippen molar-refractivity contribution in [3.63, 3.8) is 0 Å². The van der Waals surface area contributed by atoms with Crippen LogP contribution in [0.5, 0.6) is 5.75 Å². The number of nitrogens with zero attached hydrogens (tertiary/aromatic N) is 5. The number of ether oxygens (including phenoxy) is 1. The molecule has 0 unspecified atom stereocenters. The molecule has 9 heteroatoms. The third-order valence-corrected chi connectivity index (χ3v) is 5.98. The van der Waals surface area contributed by atoms with Crippen LogP contribution in [0.2, 0.25) is 0 Å². The molecule has 5 aromatic rings. The Kier molecular flexibility index (Phi) is 5.62. The molecule has 0 spiro atoms. The second-order valence-corrected chi connectivity index (χ2v) is 8.17. The molecule has 2 aromatic carbocycles. The van der Waals surface area contributed by atoms with Gasteiger partial charge < -0.3 is 9.26 Å². The Labute approximate surface area is 193 Å². The van der Waals surface area contributed by atoms with E-state index in [-0.39, 0.29) is 5.56 Å². The van der Waals surface area contributed by atoms with E-state index in [0.29, 0.717) is 45.1 Å². The zero-order chi connectivity index (χ0) is 22.8. The van der Waals surface area contributed by atoms with Crippen LogP contribution < -0.4 is 10.3 Å². The van der Waals surface area contributed by atoms with Crippen LogP contribution in [-0.2, 0) is 5.75 Å². The molecule has 3 aromatic heterocycles. The maximum atomic E-state index is 13.4. The first kappa shape index (κ1) is 20.9. The van der Waals surface area contributed by atoms with Gasteiger partial charge in [0.25, 0.3) is 5.56 Å². The molecule has 0 atom stereocenters. The number of thioether (sulfide) groups is 1. The van der Waals surface area contributed by atoms with Crippen molar-refractivity contribution in [1.29, 1.82) is 0 Å². The number of fused-ring (bicyclic) bond motifs is 1. The number of methoxy groups -OCH3 is 1. The molecule has 0 N–H and O–H groups in total. The minimum Gasteiger partial charge on any atom is -0.497 e. The van der Waals surface area contributed by atoms with Crippen molar-refractivity contribution in [1.82, 2.24) is 24.7 Å². The first-order chi connectivity index (χ1) is 16.1. The topological polar surface area (TPSA) is 95.9 Å². The minimum absolute atomic E-state index is 0.174. The minimum atomic E-state index is -0.174. The summed E-state index contributed by atoms with van der Waals surface area (Å²) in [6, 6.07) is 18.5. The summed E-state index contributed by atoms with van der Waals surface area (Å²) < 4.78 is 12.3. The number of rotatable bonds is 6. The van der Waals surface area contributed by atoms with Gasteiger partial charge in [0.2, 0.25) is 11.7 Å². The number of benzene rings is 2. The molecule has 3 heterocycles. The smallest absolute Gasteiger partial charge is 0.267 e. The second-order valence-electron chi connectivity index (χ2n) is 7.23. The van der Waals surface area contributed by atoms with E-state index in [0.717, 1.165) is 11.1 Å². The highest BCUT2D eigenvalue weighted by Gasteiger charge is 2.17. The highest BCUT2D eigenvalue weighted by Crippen LogP contribution is 2.26. The Morgan fingerprint density at radius 1 is 1.06 bits per heavy atom. The quantitative estimate of drug-likeness (QED) is 0.273. The monoisotopic (exact) mass is 457 g/mol. The third-order valence-electron chi connectivity index (χ3n) is 5.06. The van der Waals surface area contributed by atoms with Gasteiger partial charge >= 0.3 is 0 Å². The van der Waals surface area contributed by atoms with Crippen molar-refractivity contribution in [2.24, 2.45) is 0 Å². The molecule has 0 fully saturated rings. The number of hydrogen-bond acceptors (Lipinski definition) is 8. The van der Waals surface area contributed by atoms with Crippen molar-refractivity contribution >= 4 is 22.7 Å². The maximum absolute atomic E-state index is 13.4. The van der Waals surface area contributed by atoms with E-state index in [1.54, 1.807) is 23.9 Å². The average Bonchev–Trinajstić information content (AvgIpc) is 3.33. The summed E-state index contributed by atoms with van der Waals surface area (Å²) in [5.41, 5.74) is 2.11. The number of aryl methyl sites for hydroxylation is 1. The lowest BCUT2D eigenvalue weighted by Gasteiger charge is -2.13. The molecule has 0 aliphatic carbocycles. The molecule has 0 amide bonds. The summed E-state index contributed by atoms with van der Waals surface area (Å²) in [4.78, 5) is 27.0. The lowest BCUT2D eigenvalue weighted by molar-refractivity contribution is 0.391. The summed E-state index contributed by atoms with van der Waals surface area (Å²) in [7, 11) is 1.61. The predicted molar refractivity (Wildman–Crippen MR) is 126 cm³/mol.